The van der Waals surface area contributed by atoms with Crippen molar-refractivity contribution < 1.29 is 34.3 Å². The highest BCUT2D eigenvalue weighted by molar-refractivity contribution is 5.69. The number of β-amino-alcohol motifs (C(OH)–C–C–N with tert-alkyl or cyclic N) is 1. The number of carbonyl (C=O) groups is 1. The van der Waals surface area contributed by atoms with Crippen molar-refractivity contribution in [2.45, 2.75) is 77.0 Å². The zero-order valence-corrected chi connectivity index (χ0v) is 17.7. The van der Waals surface area contributed by atoms with E-state index in [0.717, 1.165) is 19.3 Å². The van der Waals surface area contributed by atoms with Crippen molar-refractivity contribution in [3.63, 3.8) is 0 Å². The number of hydrogen-bond donors (Lipinski definition) is 3. The molecule has 0 aromatic carbocycles. The zero-order chi connectivity index (χ0) is 21.2. The highest BCUT2D eigenvalue weighted by atomic mass is 17.2. The fourth-order valence-electron chi connectivity index (χ4n) is 5.92. The topological polar surface area (TPSA) is 124 Å². The van der Waals surface area contributed by atoms with Crippen LogP contribution in [0.25, 0.3) is 0 Å². The lowest BCUT2D eigenvalue weighted by atomic mass is 9.60. The summed E-state index contributed by atoms with van der Waals surface area (Å²) >= 11 is 0. The Morgan fingerprint density at radius 1 is 1.17 bits per heavy atom. The number of hydrogen-bond acceptors (Lipinski definition) is 8. The van der Waals surface area contributed by atoms with Crippen LogP contribution in [-0.4, -0.2) is 58.0 Å². The average Bonchev–Trinajstić information content (AvgIpc) is 2.74. The molecule has 4 N–H and O–H groups in total. The van der Waals surface area contributed by atoms with Gasteiger partial charge in [0.15, 0.2) is 0 Å². The van der Waals surface area contributed by atoms with E-state index in [1.165, 1.54) is 4.90 Å². The quantitative estimate of drug-likeness (QED) is 0.464. The third-order valence-electron chi connectivity index (χ3n) is 7.52. The predicted molar refractivity (Wildman–Crippen MR) is 101 cm³/mol. The number of nitrogens with zero attached hydrogens (tertiary/aromatic N) is 1. The van der Waals surface area contributed by atoms with Crippen molar-refractivity contribution in [2.75, 3.05) is 13.1 Å². The highest BCUT2D eigenvalue weighted by Gasteiger charge is 2.62. The summed E-state index contributed by atoms with van der Waals surface area (Å²) in [7, 11) is 0. The number of carbonyl (C=O) groups excluding carboxylic acids is 1. The molecule has 9 nitrogen and oxygen atoms in total. The molecule has 8 atom stereocenters. The van der Waals surface area contributed by atoms with Gasteiger partial charge in [0.25, 0.3) is 0 Å². The largest absolute Gasteiger partial charge is 0.419 e. The minimum Gasteiger partial charge on any atom is -0.419 e. The molecule has 1 saturated carbocycles. The van der Waals surface area contributed by atoms with E-state index in [-0.39, 0.29) is 36.8 Å². The summed E-state index contributed by atoms with van der Waals surface area (Å²) in [5, 5.41) is 19.3. The molecule has 166 valence electrons. The van der Waals surface area contributed by atoms with Crippen molar-refractivity contribution >= 4 is 6.09 Å². The zero-order valence-electron chi connectivity index (χ0n) is 17.7. The van der Waals surface area contributed by atoms with Crippen LogP contribution in [-0.2, 0) is 19.1 Å². The molecule has 4 aliphatic rings. The molecule has 1 amide bonds. The van der Waals surface area contributed by atoms with Gasteiger partial charge in [0, 0.05) is 18.3 Å². The maximum Gasteiger partial charge on any atom is 0.412 e. The lowest BCUT2D eigenvalue weighted by Crippen LogP contribution is -2.68. The molecule has 0 aromatic heterocycles. The molecule has 4 fully saturated rings. The predicted octanol–water partition coefficient (Wildman–Crippen LogP) is 2.09. The molecule has 1 aliphatic carbocycles. The van der Waals surface area contributed by atoms with E-state index in [1.807, 2.05) is 6.92 Å². The third-order valence-corrected chi connectivity index (χ3v) is 7.52. The van der Waals surface area contributed by atoms with Crippen molar-refractivity contribution in [1.82, 2.24) is 4.90 Å². The number of aliphatic hydroxyl groups is 1. The number of nitrogens with two attached hydrogens (primary N) is 1. The van der Waals surface area contributed by atoms with E-state index in [2.05, 4.69) is 11.8 Å². The second-order valence-electron chi connectivity index (χ2n) is 10.1. The lowest BCUT2D eigenvalue weighted by Gasteiger charge is -2.56. The summed E-state index contributed by atoms with van der Waals surface area (Å²) in [6.07, 6.45) is 1.88. The minimum atomic E-state index is -1.53. The van der Waals surface area contributed by atoms with E-state index in [9.17, 15) is 15.2 Å². The Balaban J connectivity index is 1.58. The Morgan fingerprint density at radius 3 is 2.48 bits per heavy atom. The van der Waals surface area contributed by atoms with Gasteiger partial charge in [-0.25, -0.2) is 14.9 Å². The Kier molecular flexibility index (Phi) is 5.16. The molecule has 3 heterocycles. The number of amides is 1. The van der Waals surface area contributed by atoms with Gasteiger partial charge < -0.3 is 19.5 Å². The van der Waals surface area contributed by atoms with Gasteiger partial charge in [-0.3, -0.25) is 10.5 Å². The van der Waals surface area contributed by atoms with Crippen LogP contribution >= 0.6 is 0 Å². The lowest BCUT2D eigenvalue weighted by molar-refractivity contribution is -0.474. The first kappa shape index (κ1) is 21.3. The number of ether oxygens (including phenoxy) is 3. The van der Waals surface area contributed by atoms with Crippen LogP contribution in [0.1, 0.15) is 53.4 Å². The van der Waals surface area contributed by atoms with Gasteiger partial charge in [-0.2, -0.15) is 0 Å². The SMILES string of the molecule is C[C@H]1[C@@H](OC(=O)N2CC(C)(O)C2)O[C@]2(N)O[C@](C)(OO)CC[C@@H]3C2[C@H]1CC[C@H]3C. The summed E-state index contributed by atoms with van der Waals surface area (Å²) in [6.45, 7) is 8.00. The molecule has 3 aliphatic heterocycles. The summed E-state index contributed by atoms with van der Waals surface area (Å²) in [5.74, 6) is -2.09. The smallest absolute Gasteiger partial charge is 0.412 e. The Morgan fingerprint density at radius 2 is 1.86 bits per heavy atom. The van der Waals surface area contributed by atoms with Gasteiger partial charge in [-0.05, 0) is 44.4 Å². The maximum absolute atomic E-state index is 12.5. The molecular weight excluding hydrogens is 380 g/mol. The molecule has 0 bridgehead atoms. The van der Waals surface area contributed by atoms with Gasteiger partial charge in [-0.1, -0.05) is 20.3 Å². The summed E-state index contributed by atoms with van der Waals surface area (Å²) in [4.78, 5) is 18.6. The average molecular weight is 414 g/mol. The molecule has 0 spiro atoms. The Bertz CT molecular complexity index is 653. The molecular formula is C20H34N2O7. The van der Waals surface area contributed by atoms with E-state index in [1.54, 1.807) is 13.8 Å². The summed E-state index contributed by atoms with van der Waals surface area (Å²) < 4.78 is 17.8. The molecule has 0 aromatic rings. The van der Waals surface area contributed by atoms with Gasteiger partial charge in [0.2, 0.25) is 18.0 Å². The van der Waals surface area contributed by atoms with Crippen LogP contribution in [0.15, 0.2) is 0 Å². The first-order valence-electron chi connectivity index (χ1n) is 10.6. The van der Waals surface area contributed by atoms with Gasteiger partial charge in [0.1, 0.15) is 0 Å². The second-order valence-corrected chi connectivity index (χ2v) is 10.1. The molecule has 4 rings (SSSR count). The van der Waals surface area contributed by atoms with Gasteiger partial charge in [-0.15, -0.1) is 0 Å². The summed E-state index contributed by atoms with van der Waals surface area (Å²) in [5.41, 5.74) is 5.80. The monoisotopic (exact) mass is 414 g/mol. The summed E-state index contributed by atoms with van der Waals surface area (Å²) in [6, 6.07) is 0. The van der Waals surface area contributed by atoms with E-state index in [0.29, 0.717) is 12.3 Å². The van der Waals surface area contributed by atoms with Crippen LogP contribution < -0.4 is 5.73 Å². The van der Waals surface area contributed by atoms with E-state index in [4.69, 9.17) is 19.9 Å². The van der Waals surface area contributed by atoms with Crippen LogP contribution in [0.3, 0.4) is 0 Å². The third kappa shape index (κ3) is 3.66. The number of likely N-dealkylation sites (tertiary alicyclic amines) is 1. The Hall–Kier alpha value is -0.970. The fourth-order valence-corrected chi connectivity index (χ4v) is 5.92. The highest BCUT2D eigenvalue weighted by Crippen LogP contribution is 2.56. The van der Waals surface area contributed by atoms with Crippen molar-refractivity contribution in [1.29, 1.82) is 0 Å². The van der Waals surface area contributed by atoms with Crippen LogP contribution in [0.4, 0.5) is 4.79 Å². The van der Waals surface area contributed by atoms with Crippen molar-refractivity contribution in [3.05, 3.63) is 0 Å². The van der Waals surface area contributed by atoms with Gasteiger partial charge in [0.05, 0.1) is 18.7 Å². The van der Waals surface area contributed by atoms with E-state index < -0.39 is 29.7 Å². The molecule has 9 heteroatoms. The van der Waals surface area contributed by atoms with Crippen molar-refractivity contribution in [3.8, 4) is 0 Å². The first-order chi connectivity index (χ1) is 13.5. The molecule has 1 unspecified atom stereocenters. The molecule has 0 radical (unpaired) electrons. The molecule has 3 saturated heterocycles. The fraction of sp³-hybridized carbons (Fsp3) is 0.950. The van der Waals surface area contributed by atoms with Crippen molar-refractivity contribution in [2.24, 2.45) is 35.3 Å². The molecule has 29 heavy (non-hydrogen) atoms. The van der Waals surface area contributed by atoms with Crippen LogP contribution in [0, 0.1) is 29.6 Å². The van der Waals surface area contributed by atoms with Crippen LogP contribution in [0.5, 0.6) is 0 Å². The maximum atomic E-state index is 12.5. The van der Waals surface area contributed by atoms with Gasteiger partial charge >= 0.3 is 6.09 Å². The van der Waals surface area contributed by atoms with Crippen LogP contribution in [0.2, 0.25) is 0 Å². The first-order valence-corrected chi connectivity index (χ1v) is 10.6. The minimum absolute atomic E-state index is 0.0552. The second kappa shape index (κ2) is 7.03. The standard InChI is InChI=1S/C20H34N2O7/c1-11-5-6-14-12(2)16(26-17(23)22-9-18(3,24)10-22)27-20(21)15(14)13(11)7-8-19(4,28-20)29-25/h11-16,24-25H,5-10,21H2,1-4H3/t11-,12-,13+,14+,15?,16+,19-,20+/m1/s1. The Labute approximate surface area is 171 Å². The number of rotatable bonds is 2. The normalized spacial score (nSPS) is 48.9. The van der Waals surface area contributed by atoms with E-state index >= 15 is 0 Å².